The molecule has 0 bridgehead atoms. The summed E-state index contributed by atoms with van der Waals surface area (Å²) in [6, 6.07) is 3.61. The fourth-order valence-electron chi connectivity index (χ4n) is 2.40. The molecule has 0 atom stereocenters. The van der Waals surface area contributed by atoms with E-state index in [4.69, 9.17) is 15.0 Å². The molecule has 1 fully saturated rings. The van der Waals surface area contributed by atoms with Gasteiger partial charge >= 0.3 is 0 Å². The number of methoxy groups -OCH3 is 1. The van der Waals surface area contributed by atoms with E-state index in [2.05, 4.69) is 15.1 Å². The van der Waals surface area contributed by atoms with Gasteiger partial charge in [0.1, 0.15) is 0 Å². The first-order chi connectivity index (χ1) is 9.21. The van der Waals surface area contributed by atoms with Crippen LogP contribution in [0.1, 0.15) is 31.6 Å². The van der Waals surface area contributed by atoms with Crippen LogP contribution >= 0.6 is 0 Å². The maximum atomic E-state index is 6.29. The molecule has 2 N–H and O–H groups in total. The molecule has 0 amide bonds. The van der Waals surface area contributed by atoms with Gasteiger partial charge in [0, 0.05) is 17.8 Å². The van der Waals surface area contributed by atoms with E-state index in [-0.39, 0.29) is 0 Å². The summed E-state index contributed by atoms with van der Waals surface area (Å²) in [4.78, 5) is 8.53. The van der Waals surface area contributed by atoms with Gasteiger partial charge < -0.3 is 15.0 Å². The van der Waals surface area contributed by atoms with Crippen LogP contribution in [0.25, 0.3) is 11.4 Å². The van der Waals surface area contributed by atoms with Crippen molar-refractivity contribution in [2.45, 2.75) is 31.2 Å². The van der Waals surface area contributed by atoms with Crippen molar-refractivity contribution >= 4 is 0 Å². The Morgan fingerprint density at radius 3 is 2.74 bits per heavy atom. The minimum absolute atomic E-state index is 0.453. The van der Waals surface area contributed by atoms with E-state index in [1.807, 2.05) is 6.07 Å². The van der Waals surface area contributed by atoms with Crippen molar-refractivity contribution in [2.24, 2.45) is 5.73 Å². The zero-order chi connectivity index (χ0) is 13.3. The van der Waals surface area contributed by atoms with Crippen LogP contribution in [0.4, 0.5) is 0 Å². The predicted octanol–water partition coefficient (Wildman–Crippen LogP) is 1.87. The Morgan fingerprint density at radius 2 is 2.11 bits per heavy atom. The van der Waals surface area contributed by atoms with Gasteiger partial charge in [0.15, 0.2) is 0 Å². The van der Waals surface area contributed by atoms with Gasteiger partial charge in [0.2, 0.25) is 17.6 Å². The normalized spacial score (nSPS) is 17.6. The van der Waals surface area contributed by atoms with Gasteiger partial charge in [-0.3, -0.25) is 0 Å². The molecule has 0 saturated heterocycles. The predicted molar refractivity (Wildman–Crippen MR) is 68.4 cm³/mol. The van der Waals surface area contributed by atoms with Crippen molar-refractivity contribution < 1.29 is 9.26 Å². The Balaban J connectivity index is 1.87. The largest absolute Gasteiger partial charge is 0.481 e. The van der Waals surface area contributed by atoms with Gasteiger partial charge in [-0.25, -0.2) is 4.98 Å². The minimum Gasteiger partial charge on any atom is -0.481 e. The summed E-state index contributed by atoms with van der Waals surface area (Å²) in [5.41, 5.74) is 6.62. The van der Waals surface area contributed by atoms with Crippen molar-refractivity contribution in [3.05, 3.63) is 24.2 Å². The number of hydrogen-bond donors (Lipinski definition) is 1. The highest BCUT2D eigenvalue weighted by molar-refractivity contribution is 5.53. The lowest BCUT2D eigenvalue weighted by Crippen LogP contribution is -2.33. The molecule has 0 aromatic carbocycles. The highest BCUT2D eigenvalue weighted by atomic mass is 16.5. The summed E-state index contributed by atoms with van der Waals surface area (Å²) in [6.07, 6.45) is 5.67. The Morgan fingerprint density at radius 1 is 1.32 bits per heavy atom. The average molecular weight is 260 g/mol. The first-order valence-corrected chi connectivity index (χ1v) is 6.35. The lowest BCUT2D eigenvalue weighted by molar-refractivity contribution is 0.285. The standard InChI is InChI=1S/C13H16N4O2/c1-18-10-5-4-9(8-15-10)11-16-12(19-17-11)13(14)6-2-3-7-13/h4-5,8H,2-3,6-7,14H2,1H3. The quantitative estimate of drug-likeness (QED) is 0.906. The fourth-order valence-corrected chi connectivity index (χ4v) is 2.40. The van der Waals surface area contributed by atoms with Crippen LogP contribution in [-0.4, -0.2) is 22.2 Å². The molecule has 6 nitrogen and oxygen atoms in total. The first kappa shape index (κ1) is 12.1. The Kier molecular flexibility index (Phi) is 2.94. The summed E-state index contributed by atoms with van der Waals surface area (Å²) in [5, 5.41) is 3.98. The second-order valence-corrected chi connectivity index (χ2v) is 4.88. The minimum atomic E-state index is -0.453. The number of pyridine rings is 1. The summed E-state index contributed by atoms with van der Waals surface area (Å²) in [5.74, 6) is 1.59. The number of nitrogens with zero attached hydrogens (tertiary/aromatic N) is 3. The molecular weight excluding hydrogens is 244 g/mol. The molecule has 0 unspecified atom stereocenters. The van der Waals surface area contributed by atoms with Crippen LogP contribution in [0.3, 0.4) is 0 Å². The highest BCUT2D eigenvalue weighted by Gasteiger charge is 2.36. The monoisotopic (exact) mass is 260 g/mol. The number of nitrogens with two attached hydrogens (primary N) is 1. The maximum absolute atomic E-state index is 6.29. The van der Waals surface area contributed by atoms with E-state index in [1.54, 1.807) is 19.4 Å². The van der Waals surface area contributed by atoms with Crippen LogP contribution in [-0.2, 0) is 5.54 Å². The smallest absolute Gasteiger partial charge is 0.247 e. The van der Waals surface area contributed by atoms with Crippen molar-refractivity contribution in [3.8, 4) is 17.3 Å². The maximum Gasteiger partial charge on any atom is 0.247 e. The molecule has 2 aromatic rings. The zero-order valence-electron chi connectivity index (χ0n) is 10.8. The van der Waals surface area contributed by atoms with Gasteiger partial charge in [-0.2, -0.15) is 4.98 Å². The molecule has 2 aromatic heterocycles. The molecule has 1 saturated carbocycles. The molecular formula is C13H16N4O2. The molecule has 3 rings (SSSR count). The molecule has 19 heavy (non-hydrogen) atoms. The third-order valence-corrected chi connectivity index (χ3v) is 3.55. The number of aromatic nitrogens is 3. The topological polar surface area (TPSA) is 87.1 Å². The van der Waals surface area contributed by atoms with Gasteiger partial charge in [-0.15, -0.1) is 0 Å². The Bertz CT molecular complexity index is 558. The molecule has 0 radical (unpaired) electrons. The molecule has 0 aliphatic heterocycles. The molecule has 1 aliphatic rings. The highest BCUT2D eigenvalue weighted by Crippen LogP contribution is 2.35. The van der Waals surface area contributed by atoms with Gasteiger partial charge in [-0.05, 0) is 18.9 Å². The molecule has 0 spiro atoms. The van der Waals surface area contributed by atoms with Crippen LogP contribution in [0, 0.1) is 0 Å². The van der Waals surface area contributed by atoms with E-state index in [1.165, 1.54) is 0 Å². The number of ether oxygens (including phenoxy) is 1. The van der Waals surface area contributed by atoms with Crippen molar-refractivity contribution in [1.29, 1.82) is 0 Å². The Hall–Kier alpha value is -1.95. The van der Waals surface area contributed by atoms with Crippen LogP contribution < -0.4 is 10.5 Å². The number of rotatable bonds is 3. The average Bonchev–Trinajstić information content (AvgIpc) is 3.08. The van der Waals surface area contributed by atoms with Gasteiger partial charge in [0.25, 0.3) is 0 Å². The van der Waals surface area contributed by atoms with E-state index in [9.17, 15) is 0 Å². The summed E-state index contributed by atoms with van der Waals surface area (Å²) < 4.78 is 10.3. The van der Waals surface area contributed by atoms with Gasteiger partial charge in [-0.1, -0.05) is 18.0 Å². The lowest BCUT2D eigenvalue weighted by Gasteiger charge is -2.17. The second-order valence-electron chi connectivity index (χ2n) is 4.88. The number of hydrogen-bond acceptors (Lipinski definition) is 6. The van der Waals surface area contributed by atoms with E-state index in [0.717, 1.165) is 31.2 Å². The first-order valence-electron chi connectivity index (χ1n) is 6.35. The molecule has 1 aliphatic carbocycles. The summed E-state index contributed by atoms with van der Waals surface area (Å²) >= 11 is 0. The SMILES string of the molecule is COc1ccc(-c2noc(C3(N)CCCC3)n2)cn1. The van der Waals surface area contributed by atoms with E-state index in [0.29, 0.717) is 17.6 Å². The fraction of sp³-hybridized carbons (Fsp3) is 0.462. The third-order valence-electron chi connectivity index (χ3n) is 3.55. The third kappa shape index (κ3) is 2.19. The van der Waals surface area contributed by atoms with Crippen molar-refractivity contribution in [1.82, 2.24) is 15.1 Å². The molecule has 100 valence electrons. The summed E-state index contributed by atoms with van der Waals surface area (Å²) in [7, 11) is 1.58. The molecule has 2 heterocycles. The van der Waals surface area contributed by atoms with Crippen LogP contribution in [0.15, 0.2) is 22.9 Å². The van der Waals surface area contributed by atoms with Crippen molar-refractivity contribution in [3.63, 3.8) is 0 Å². The van der Waals surface area contributed by atoms with Gasteiger partial charge in [0.05, 0.1) is 12.6 Å². The van der Waals surface area contributed by atoms with Crippen LogP contribution in [0.2, 0.25) is 0 Å². The molecule has 6 heteroatoms. The van der Waals surface area contributed by atoms with E-state index < -0.39 is 5.54 Å². The summed E-state index contributed by atoms with van der Waals surface area (Å²) in [6.45, 7) is 0. The lowest BCUT2D eigenvalue weighted by atomic mass is 9.99. The van der Waals surface area contributed by atoms with Crippen molar-refractivity contribution in [2.75, 3.05) is 7.11 Å². The zero-order valence-corrected chi connectivity index (χ0v) is 10.8. The van der Waals surface area contributed by atoms with Crippen LogP contribution in [0.5, 0.6) is 5.88 Å². The Labute approximate surface area is 111 Å². The second kappa shape index (κ2) is 4.62. The van der Waals surface area contributed by atoms with E-state index >= 15 is 0 Å².